The number of aromatic nitrogens is 1. The molecule has 10 nitrogen and oxygen atoms in total. The zero-order valence-electron chi connectivity index (χ0n) is 16.1. The van der Waals surface area contributed by atoms with Crippen molar-refractivity contribution in [2.45, 2.75) is 44.7 Å². The van der Waals surface area contributed by atoms with Gasteiger partial charge in [0.2, 0.25) is 5.91 Å². The van der Waals surface area contributed by atoms with E-state index in [1.807, 2.05) is 6.92 Å². The molecule has 0 aromatic carbocycles. The third-order valence-electron chi connectivity index (χ3n) is 5.66. The van der Waals surface area contributed by atoms with E-state index in [2.05, 4.69) is 10.3 Å². The molecule has 158 valence electrons. The van der Waals surface area contributed by atoms with E-state index in [0.29, 0.717) is 51.0 Å². The monoisotopic (exact) mass is 425 g/mol. The smallest absolute Gasteiger partial charge is 0.407 e. The molecule has 1 aliphatic heterocycles. The SMILES string of the molecule is CC1CN(C(=O)O)CCN1C(=O)[C@H]1CC[C@@H](Nc2cc(Cl)ncc2[N+](=O)[O-])CC1. The fourth-order valence-corrected chi connectivity index (χ4v) is 4.24. The van der Waals surface area contributed by atoms with Crippen LogP contribution in [0.4, 0.5) is 16.2 Å². The number of carboxylic acid groups (broad SMARTS) is 1. The van der Waals surface area contributed by atoms with Gasteiger partial charge in [-0.25, -0.2) is 9.78 Å². The highest BCUT2D eigenvalue weighted by Gasteiger charge is 2.35. The van der Waals surface area contributed by atoms with E-state index in [9.17, 15) is 19.7 Å². The molecule has 0 spiro atoms. The number of nitrogens with one attached hydrogen (secondary N) is 1. The molecule has 2 N–H and O–H groups in total. The van der Waals surface area contributed by atoms with Crippen LogP contribution >= 0.6 is 11.6 Å². The predicted molar refractivity (Wildman–Crippen MR) is 106 cm³/mol. The van der Waals surface area contributed by atoms with E-state index in [-0.39, 0.29) is 34.7 Å². The standard InChI is InChI=1S/C18H24ClN5O5/c1-11-10-22(18(26)27)6-7-23(11)17(25)12-2-4-13(5-3-12)21-14-8-16(19)20-9-15(14)24(28)29/h8-9,11-13H,2-7,10H2,1H3,(H,20,21)(H,26,27)/t11?,12-,13+. The molecule has 11 heteroatoms. The summed E-state index contributed by atoms with van der Waals surface area (Å²) in [5.41, 5.74) is 0.209. The lowest BCUT2D eigenvalue weighted by molar-refractivity contribution is -0.384. The van der Waals surface area contributed by atoms with Gasteiger partial charge in [0.05, 0.1) is 4.92 Å². The summed E-state index contributed by atoms with van der Waals surface area (Å²) in [6.45, 7) is 2.93. The van der Waals surface area contributed by atoms with Gasteiger partial charge in [0.15, 0.2) is 0 Å². The van der Waals surface area contributed by atoms with Gasteiger partial charge in [0, 0.05) is 43.7 Å². The Balaban J connectivity index is 1.56. The summed E-state index contributed by atoms with van der Waals surface area (Å²) in [6, 6.07) is 1.31. The fourth-order valence-electron chi connectivity index (χ4n) is 4.08. The summed E-state index contributed by atoms with van der Waals surface area (Å²) in [7, 11) is 0. The minimum absolute atomic E-state index is 0.0116. The summed E-state index contributed by atoms with van der Waals surface area (Å²) >= 11 is 5.87. The molecule has 1 unspecified atom stereocenters. The van der Waals surface area contributed by atoms with Gasteiger partial charge in [-0.1, -0.05) is 11.6 Å². The summed E-state index contributed by atoms with van der Waals surface area (Å²) < 4.78 is 0. The molecule has 2 heterocycles. The van der Waals surface area contributed by atoms with Crippen molar-refractivity contribution >= 4 is 35.0 Å². The summed E-state index contributed by atoms with van der Waals surface area (Å²) in [6.07, 6.45) is 2.94. The Hall–Kier alpha value is -2.62. The number of anilines is 1. The van der Waals surface area contributed by atoms with Crippen molar-refractivity contribution < 1.29 is 19.6 Å². The normalized spacial score (nSPS) is 24.8. The number of nitrogens with zero attached hydrogens (tertiary/aromatic N) is 4. The van der Waals surface area contributed by atoms with Crippen LogP contribution in [-0.4, -0.2) is 68.5 Å². The van der Waals surface area contributed by atoms with E-state index >= 15 is 0 Å². The molecule has 3 rings (SSSR count). The van der Waals surface area contributed by atoms with Crippen LogP contribution < -0.4 is 5.32 Å². The minimum Gasteiger partial charge on any atom is -0.465 e. The number of halogens is 1. The summed E-state index contributed by atoms with van der Waals surface area (Å²) in [4.78, 5) is 41.6. The minimum atomic E-state index is -0.958. The first-order chi connectivity index (χ1) is 13.8. The number of amides is 2. The van der Waals surface area contributed by atoms with E-state index in [0.717, 1.165) is 6.20 Å². The summed E-state index contributed by atoms with van der Waals surface area (Å²) in [5, 5.41) is 23.6. The van der Waals surface area contributed by atoms with Gasteiger partial charge in [0.25, 0.3) is 0 Å². The lowest BCUT2D eigenvalue weighted by Gasteiger charge is -2.41. The predicted octanol–water partition coefficient (Wildman–Crippen LogP) is 2.82. The van der Waals surface area contributed by atoms with E-state index < -0.39 is 11.0 Å². The third-order valence-corrected chi connectivity index (χ3v) is 5.87. The molecule has 1 atom stereocenters. The zero-order valence-corrected chi connectivity index (χ0v) is 16.8. The number of piperazine rings is 1. The number of hydrogen-bond acceptors (Lipinski definition) is 6. The van der Waals surface area contributed by atoms with Gasteiger partial charge >= 0.3 is 11.8 Å². The van der Waals surface area contributed by atoms with Gasteiger partial charge in [-0.3, -0.25) is 14.9 Å². The molecule has 0 bridgehead atoms. The molecule has 1 saturated heterocycles. The second-order valence-corrected chi connectivity index (χ2v) is 7.97. The van der Waals surface area contributed by atoms with E-state index in [1.54, 1.807) is 4.90 Å². The molecule has 1 saturated carbocycles. The second kappa shape index (κ2) is 8.81. The fraction of sp³-hybridized carbons (Fsp3) is 0.611. The molecule has 29 heavy (non-hydrogen) atoms. The van der Waals surface area contributed by atoms with E-state index in [4.69, 9.17) is 16.7 Å². The van der Waals surface area contributed by atoms with Crippen LogP contribution in [0.5, 0.6) is 0 Å². The van der Waals surface area contributed by atoms with Crippen LogP contribution in [-0.2, 0) is 4.79 Å². The Labute approximate surface area is 173 Å². The first kappa shape index (κ1) is 21.1. The summed E-state index contributed by atoms with van der Waals surface area (Å²) in [5.74, 6) is -0.0400. The van der Waals surface area contributed by atoms with Crippen molar-refractivity contribution in [3.05, 3.63) is 27.5 Å². The van der Waals surface area contributed by atoms with Crippen LogP contribution in [0, 0.1) is 16.0 Å². The number of hydrogen-bond donors (Lipinski definition) is 2. The van der Waals surface area contributed by atoms with Crippen LogP contribution in [0.15, 0.2) is 12.3 Å². The van der Waals surface area contributed by atoms with Crippen molar-refractivity contribution in [3.8, 4) is 0 Å². The van der Waals surface area contributed by atoms with Crippen molar-refractivity contribution in [3.63, 3.8) is 0 Å². The molecule has 1 aromatic heterocycles. The maximum atomic E-state index is 12.9. The highest BCUT2D eigenvalue weighted by molar-refractivity contribution is 6.29. The van der Waals surface area contributed by atoms with E-state index in [1.165, 1.54) is 11.0 Å². The highest BCUT2D eigenvalue weighted by atomic mass is 35.5. The zero-order chi connectivity index (χ0) is 21.1. The highest BCUT2D eigenvalue weighted by Crippen LogP contribution is 2.32. The number of carbonyl (C=O) groups is 2. The molecule has 2 amide bonds. The van der Waals surface area contributed by atoms with Crippen LogP contribution in [0.3, 0.4) is 0 Å². The topological polar surface area (TPSA) is 129 Å². The van der Waals surface area contributed by atoms with Crippen molar-refractivity contribution in [1.82, 2.24) is 14.8 Å². The molecule has 1 aliphatic carbocycles. The Morgan fingerprint density at radius 2 is 2.00 bits per heavy atom. The molecule has 1 aromatic rings. The largest absolute Gasteiger partial charge is 0.465 e. The van der Waals surface area contributed by atoms with Gasteiger partial charge < -0.3 is 20.2 Å². The number of nitro groups is 1. The van der Waals surface area contributed by atoms with Gasteiger partial charge in [-0.05, 0) is 32.6 Å². The lowest BCUT2D eigenvalue weighted by atomic mass is 9.84. The number of rotatable bonds is 4. The molecule has 2 fully saturated rings. The Morgan fingerprint density at radius 3 is 2.59 bits per heavy atom. The van der Waals surface area contributed by atoms with Crippen LogP contribution in [0.25, 0.3) is 0 Å². The lowest BCUT2D eigenvalue weighted by Crippen LogP contribution is -2.56. The van der Waals surface area contributed by atoms with Crippen LogP contribution in [0.1, 0.15) is 32.6 Å². The Bertz CT molecular complexity index is 799. The Kier molecular flexibility index (Phi) is 6.41. The maximum absolute atomic E-state index is 12.9. The Morgan fingerprint density at radius 1 is 1.31 bits per heavy atom. The second-order valence-electron chi connectivity index (χ2n) is 7.58. The van der Waals surface area contributed by atoms with Gasteiger partial charge in [-0.2, -0.15) is 0 Å². The first-order valence-electron chi connectivity index (χ1n) is 9.61. The maximum Gasteiger partial charge on any atom is 0.407 e. The average Bonchev–Trinajstić information content (AvgIpc) is 2.67. The average molecular weight is 426 g/mol. The van der Waals surface area contributed by atoms with Crippen molar-refractivity contribution in [1.29, 1.82) is 0 Å². The van der Waals surface area contributed by atoms with Gasteiger partial charge in [-0.15, -0.1) is 0 Å². The number of pyridine rings is 1. The van der Waals surface area contributed by atoms with Crippen LogP contribution in [0.2, 0.25) is 5.15 Å². The first-order valence-corrected chi connectivity index (χ1v) is 9.99. The molecular weight excluding hydrogens is 402 g/mol. The number of carbonyl (C=O) groups excluding carboxylic acids is 1. The molecule has 0 radical (unpaired) electrons. The van der Waals surface area contributed by atoms with Crippen molar-refractivity contribution in [2.24, 2.45) is 5.92 Å². The quantitative estimate of drug-likeness (QED) is 0.431. The van der Waals surface area contributed by atoms with Gasteiger partial charge in [0.1, 0.15) is 17.0 Å². The molecule has 2 aliphatic rings. The van der Waals surface area contributed by atoms with Crippen molar-refractivity contribution in [2.75, 3.05) is 25.0 Å². The third kappa shape index (κ3) is 4.87. The molecular formula is C18H24ClN5O5.